The predicted octanol–water partition coefficient (Wildman–Crippen LogP) is 2.66. The number of pyridine rings is 1. The van der Waals surface area contributed by atoms with E-state index in [1.165, 1.54) is 0 Å². The quantitative estimate of drug-likeness (QED) is 0.614. The van der Waals surface area contributed by atoms with Gasteiger partial charge < -0.3 is 10.6 Å². The van der Waals surface area contributed by atoms with Crippen molar-refractivity contribution in [3.63, 3.8) is 0 Å². The van der Waals surface area contributed by atoms with Gasteiger partial charge in [0.05, 0.1) is 5.69 Å². The van der Waals surface area contributed by atoms with Crippen LogP contribution in [0, 0.1) is 0 Å². The van der Waals surface area contributed by atoms with Gasteiger partial charge in [0.1, 0.15) is 0 Å². The summed E-state index contributed by atoms with van der Waals surface area (Å²) in [5, 5.41) is 5.64. The normalized spacial score (nSPS) is 9.73. The molecular weight excluding hydrogens is 214 g/mol. The summed E-state index contributed by atoms with van der Waals surface area (Å²) in [7, 11) is 0. The maximum Gasteiger partial charge on any atom is 0.319 e. The van der Waals surface area contributed by atoms with Gasteiger partial charge >= 0.3 is 6.03 Å². The molecule has 1 rings (SSSR count). The lowest BCUT2D eigenvalue weighted by Crippen LogP contribution is -2.29. The third kappa shape index (κ3) is 4.16. The molecule has 0 atom stereocenters. The average molecular weight is 228 g/mol. The maximum absolute atomic E-state index is 11.3. The Kier molecular flexibility index (Phi) is 4.90. The van der Waals surface area contributed by atoms with Gasteiger partial charge in [0, 0.05) is 12.7 Å². The number of carbonyl (C=O) groups excluding carboxylic acids is 1. The van der Waals surface area contributed by atoms with Crippen LogP contribution < -0.4 is 10.6 Å². The number of rotatable bonds is 4. The highest BCUT2D eigenvalue weighted by Crippen LogP contribution is 2.16. The second kappa shape index (κ2) is 6.24. The lowest BCUT2D eigenvalue weighted by molar-refractivity contribution is 0.252. The van der Waals surface area contributed by atoms with E-state index in [4.69, 9.17) is 11.6 Å². The van der Waals surface area contributed by atoms with Crippen molar-refractivity contribution in [2.24, 2.45) is 0 Å². The summed E-state index contributed by atoms with van der Waals surface area (Å²) in [6.07, 6.45) is 3.59. The number of unbranched alkanes of at least 4 members (excludes halogenated alkanes) is 1. The molecular formula is C10H14ClN3O. The highest BCUT2D eigenvalue weighted by molar-refractivity contribution is 6.32. The number of carbonyl (C=O) groups is 1. The van der Waals surface area contributed by atoms with E-state index in [1.54, 1.807) is 18.3 Å². The lowest BCUT2D eigenvalue weighted by Gasteiger charge is -2.07. The molecule has 0 unspecified atom stereocenters. The fourth-order valence-corrected chi connectivity index (χ4v) is 1.19. The van der Waals surface area contributed by atoms with Gasteiger partial charge in [0.15, 0.2) is 5.15 Å². The Morgan fingerprint density at radius 2 is 2.40 bits per heavy atom. The second-order valence-electron chi connectivity index (χ2n) is 3.08. The number of hydrogen-bond acceptors (Lipinski definition) is 2. The van der Waals surface area contributed by atoms with Gasteiger partial charge in [0.2, 0.25) is 0 Å². The predicted molar refractivity (Wildman–Crippen MR) is 61.2 cm³/mol. The Morgan fingerprint density at radius 3 is 3.07 bits per heavy atom. The standard InChI is InChI=1S/C10H14ClN3O/c1-2-3-6-13-10(15)14-8-5-4-7-12-9(8)11/h4-5,7H,2-3,6H2,1H3,(H2,13,14,15). The molecule has 0 bridgehead atoms. The summed E-state index contributed by atoms with van der Waals surface area (Å²) in [5.74, 6) is 0. The SMILES string of the molecule is CCCCNC(=O)Nc1cccnc1Cl. The van der Waals surface area contributed by atoms with Crippen LogP contribution in [-0.4, -0.2) is 17.6 Å². The molecule has 5 heteroatoms. The second-order valence-corrected chi connectivity index (χ2v) is 3.43. The van der Waals surface area contributed by atoms with E-state index in [1.807, 2.05) is 0 Å². The summed E-state index contributed by atoms with van der Waals surface area (Å²) >= 11 is 5.78. The zero-order chi connectivity index (χ0) is 11.1. The molecule has 1 aromatic rings. The molecule has 0 saturated carbocycles. The van der Waals surface area contributed by atoms with E-state index in [2.05, 4.69) is 22.5 Å². The minimum absolute atomic E-state index is 0.252. The number of nitrogens with one attached hydrogen (secondary N) is 2. The van der Waals surface area contributed by atoms with Gasteiger partial charge in [-0.15, -0.1) is 0 Å². The van der Waals surface area contributed by atoms with Gasteiger partial charge in [-0.1, -0.05) is 24.9 Å². The van der Waals surface area contributed by atoms with Crippen molar-refractivity contribution in [2.75, 3.05) is 11.9 Å². The number of nitrogens with zero attached hydrogens (tertiary/aromatic N) is 1. The Morgan fingerprint density at radius 1 is 1.60 bits per heavy atom. The number of halogens is 1. The first-order valence-corrected chi connectivity index (χ1v) is 5.27. The number of aromatic nitrogens is 1. The third-order valence-electron chi connectivity index (χ3n) is 1.82. The first-order valence-electron chi connectivity index (χ1n) is 4.89. The minimum atomic E-state index is -0.252. The fraction of sp³-hybridized carbons (Fsp3) is 0.400. The largest absolute Gasteiger partial charge is 0.338 e. The Balaban J connectivity index is 2.41. The molecule has 0 aliphatic rings. The van der Waals surface area contributed by atoms with Crippen LogP contribution in [0.15, 0.2) is 18.3 Å². The third-order valence-corrected chi connectivity index (χ3v) is 2.12. The van der Waals surface area contributed by atoms with Gasteiger partial charge in [0.25, 0.3) is 0 Å². The van der Waals surface area contributed by atoms with Crippen molar-refractivity contribution in [2.45, 2.75) is 19.8 Å². The molecule has 0 fully saturated rings. The highest BCUT2D eigenvalue weighted by Gasteiger charge is 2.04. The first-order chi connectivity index (χ1) is 7.24. The molecule has 1 aromatic heterocycles. The molecule has 2 amide bonds. The lowest BCUT2D eigenvalue weighted by atomic mass is 10.3. The van der Waals surface area contributed by atoms with Crippen molar-refractivity contribution < 1.29 is 4.79 Å². The molecule has 0 aromatic carbocycles. The molecule has 82 valence electrons. The van der Waals surface area contributed by atoms with E-state index in [0.29, 0.717) is 17.4 Å². The van der Waals surface area contributed by atoms with E-state index < -0.39 is 0 Å². The Labute approximate surface area is 94.0 Å². The smallest absolute Gasteiger partial charge is 0.319 e. The fourth-order valence-electron chi connectivity index (χ4n) is 1.02. The van der Waals surface area contributed by atoms with Crippen LogP contribution in [-0.2, 0) is 0 Å². The Bertz CT molecular complexity index is 330. The van der Waals surface area contributed by atoms with Crippen LogP contribution in [0.1, 0.15) is 19.8 Å². The van der Waals surface area contributed by atoms with Crippen LogP contribution in [0.2, 0.25) is 5.15 Å². The molecule has 0 aliphatic heterocycles. The first kappa shape index (κ1) is 11.8. The van der Waals surface area contributed by atoms with E-state index in [9.17, 15) is 4.79 Å². The summed E-state index contributed by atoms with van der Waals surface area (Å²) in [6, 6.07) is 3.17. The Hall–Kier alpha value is -1.29. The van der Waals surface area contributed by atoms with Gasteiger partial charge in [-0.25, -0.2) is 9.78 Å². The average Bonchev–Trinajstić information content (AvgIpc) is 2.22. The number of hydrogen-bond donors (Lipinski definition) is 2. The number of urea groups is 1. The van der Waals surface area contributed by atoms with Crippen molar-refractivity contribution in [1.29, 1.82) is 0 Å². The summed E-state index contributed by atoms with van der Waals surface area (Å²) in [6.45, 7) is 2.73. The summed E-state index contributed by atoms with van der Waals surface area (Å²) < 4.78 is 0. The molecule has 15 heavy (non-hydrogen) atoms. The van der Waals surface area contributed by atoms with Crippen LogP contribution in [0.5, 0.6) is 0 Å². The molecule has 0 aliphatic carbocycles. The van der Waals surface area contributed by atoms with Crippen molar-refractivity contribution >= 4 is 23.3 Å². The van der Waals surface area contributed by atoms with E-state index in [0.717, 1.165) is 12.8 Å². The highest BCUT2D eigenvalue weighted by atomic mass is 35.5. The zero-order valence-corrected chi connectivity index (χ0v) is 9.34. The van der Waals surface area contributed by atoms with E-state index in [-0.39, 0.29) is 6.03 Å². The van der Waals surface area contributed by atoms with Crippen molar-refractivity contribution in [3.05, 3.63) is 23.5 Å². The molecule has 4 nitrogen and oxygen atoms in total. The van der Waals surface area contributed by atoms with Gasteiger partial charge in [-0.3, -0.25) is 0 Å². The van der Waals surface area contributed by atoms with Crippen molar-refractivity contribution in [1.82, 2.24) is 10.3 Å². The molecule has 0 radical (unpaired) electrons. The van der Waals surface area contributed by atoms with Crippen LogP contribution in [0.25, 0.3) is 0 Å². The van der Waals surface area contributed by atoms with Gasteiger partial charge in [-0.05, 0) is 18.6 Å². The summed E-state index contributed by atoms with van der Waals surface area (Å²) in [4.78, 5) is 15.2. The van der Waals surface area contributed by atoms with Crippen LogP contribution >= 0.6 is 11.6 Å². The molecule has 0 saturated heterocycles. The van der Waals surface area contributed by atoms with Crippen LogP contribution in [0.3, 0.4) is 0 Å². The molecule has 2 N–H and O–H groups in total. The summed E-state index contributed by atoms with van der Waals surface area (Å²) in [5.41, 5.74) is 0.521. The molecule has 1 heterocycles. The molecule has 0 spiro atoms. The van der Waals surface area contributed by atoms with Crippen molar-refractivity contribution in [3.8, 4) is 0 Å². The number of amides is 2. The van der Waals surface area contributed by atoms with E-state index >= 15 is 0 Å². The monoisotopic (exact) mass is 227 g/mol. The van der Waals surface area contributed by atoms with Gasteiger partial charge in [-0.2, -0.15) is 0 Å². The minimum Gasteiger partial charge on any atom is -0.338 e. The van der Waals surface area contributed by atoms with Crippen LogP contribution in [0.4, 0.5) is 10.5 Å². The topological polar surface area (TPSA) is 54.0 Å². The number of anilines is 1. The maximum atomic E-state index is 11.3. The zero-order valence-electron chi connectivity index (χ0n) is 8.59.